The summed E-state index contributed by atoms with van der Waals surface area (Å²) in [5.41, 5.74) is 6.78. The molecule has 6 nitrogen and oxygen atoms in total. The van der Waals surface area contributed by atoms with Crippen LogP contribution in [-0.4, -0.2) is 40.3 Å². The summed E-state index contributed by atoms with van der Waals surface area (Å²) in [5, 5.41) is 20.4. The van der Waals surface area contributed by atoms with E-state index in [1.165, 1.54) is 6.92 Å². The van der Waals surface area contributed by atoms with E-state index in [9.17, 15) is 14.7 Å². The minimum absolute atomic E-state index is 0.405. The predicted octanol–water partition coefficient (Wildman–Crippen LogP) is -0.103. The van der Waals surface area contributed by atoms with Crippen LogP contribution in [-0.2, 0) is 16.0 Å². The number of aliphatic carboxylic acids is 1. The molecular weight excluding hydrogens is 260 g/mol. The Morgan fingerprint density at radius 3 is 2.40 bits per heavy atom. The molecule has 0 heterocycles. The van der Waals surface area contributed by atoms with E-state index in [0.29, 0.717) is 12.8 Å². The fourth-order valence-electron chi connectivity index (χ4n) is 1.75. The number of carboxylic acid groups (broad SMARTS) is 1. The third-order valence-corrected chi connectivity index (χ3v) is 2.97. The summed E-state index contributed by atoms with van der Waals surface area (Å²) in [7, 11) is 0. The van der Waals surface area contributed by atoms with Crippen molar-refractivity contribution >= 4 is 11.9 Å². The van der Waals surface area contributed by atoms with Crippen LogP contribution in [0.15, 0.2) is 30.3 Å². The van der Waals surface area contributed by atoms with Crippen molar-refractivity contribution in [3.63, 3.8) is 0 Å². The zero-order chi connectivity index (χ0) is 15.1. The lowest BCUT2D eigenvalue weighted by molar-refractivity contribution is -0.145. The van der Waals surface area contributed by atoms with Gasteiger partial charge in [0.1, 0.15) is 0 Å². The molecule has 1 aromatic rings. The molecule has 1 aromatic carbocycles. The minimum atomic E-state index is -1.34. The topological polar surface area (TPSA) is 113 Å². The summed E-state index contributed by atoms with van der Waals surface area (Å²) < 4.78 is 0. The van der Waals surface area contributed by atoms with Crippen molar-refractivity contribution < 1.29 is 19.8 Å². The molecule has 0 aliphatic carbocycles. The number of carboxylic acids is 1. The fourth-order valence-corrected chi connectivity index (χ4v) is 1.75. The first-order valence-electron chi connectivity index (χ1n) is 6.42. The molecule has 0 unspecified atom stereocenters. The molecule has 110 valence electrons. The van der Waals surface area contributed by atoms with Gasteiger partial charge in [0.05, 0.1) is 12.1 Å². The summed E-state index contributed by atoms with van der Waals surface area (Å²) in [6.45, 7) is 1.30. The second-order valence-electron chi connectivity index (χ2n) is 4.70. The molecule has 0 aromatic heterocycles. The van der Waals surface area contributed by atoms with E-state index >= 15 is 0 Å². The average Bonchev–Trinajstić information content (AvgIpc) is 2.42. The molecule has 6 heteroatoms. The highest BCUT2D eigenvalue weighted by atomic mass is 16.4. The van der Waals surface area contributed by atoms with Gasteiger partial charge in [0.15, 0.2) is 6.04 Å². The van der Waals surface area contributed by atoms with Gasteiger partial charge >= 0.3 is 5.97 Å². The second-order valence-corrected chi connectivity index (χ2v) is 4.70. The number of carbonyl (C=O) groups is 2. The Morgan fingerprint density at radius 2 is 1.90 bits per heavy atom. The molecule has 0 saturated heterocycles. The lowest BCUT2D eigenvalue weighted by Crippen LogP contribution is -2.52. The van der Waals surface area contributed by atoms with Crippen molar-refractivity contribution in [1.82, 2.24) is 5.32 Å². The Morgan fingerprint density at radius 1 is 1.30 bits per heavy atom. The lowest BCUT2D eigenvalue weighted by atomic mass is 10.0. The first-order valence-corrected chi connectivity index (χ1v) is 6.42. The minimum Gasteiger partial charge on any atom is -0.480 e. The number of benzene rings is 1. The molecule has 0 fully saturated rings. The van der Waals surface area contributed by atoms with Crippen LogP contribution < -0.4 is 11.1 Å². The van der Waals surface area contributed by atoms with Crippen molar-refractivity contribution in [2.45, 2.75) is 38.0 Å². The quantitative estimate of drug-likeness (QED) is 0.557. The van der Waals surface area contributed by atoms with Crippen LogP contribution in [0.3, 0.4) is 0 Å². The number of nitrogens with one attached hydrogen (secondary N) is 1. The Kier molecular flexibility index (Phi) is 6.14. The van der Waals surface area contributed by atoms with Gasteiger partial charge in [-0.2, -0.15) is 0 Å². The molecule has 0 spiro atoms. The maximum Gasteiger partial charge on any atom is 0.328 e. The highest BCUT2D eigenvalue weighted by Crippen LogP contribution is 2.04. The maximum atomic E-state index is 11.8. The predicted molar refractivity (Wildman–Crippen MR) is 74.0 cm³/mol. The number of amides is 1. The van der Waals surface area contributed by atoms with Crippen molar-refractivity contribution in [1.29, 1.82) is 0 Å². The number of aliphatic hydroxyl groups excluding tert-OH is 1. The van der Waals surface area contributed by atoms with E-state index in [-0.39, 0.29) is 0 Å². The molecule has 0 saturated carbocycles. The molecule has 0 bridgehead atoms. The van der Waals surface area contributed by atoms with Crippen LogP contribution in [0.1, 0.15) is 18.9 Å². The van der Waals surface area contributed by atoms with E-state index in [0.717, 1.165) is 5.56 Å². The van der Waals surface area contributed by atoms with Crippen molar-refractivity contribution in [3.05, 3.63) is 35.9 Å². The van der Waals surface area contributed by atoms with Gasteiger partial charge in [-0.15, -0.1) is 0 Å². The zero-order valence-electron chi connectivity index (χ0n) is 11.3. The maximum absolute atomic E-state index is 11.8. The second kappa shape index (κ2) is 7.62. The van der Waals surface area contributed by atoms with Gasteiger partial charge < -0.3 is 21.3 Å². The highest BCUT2D eigenvalue weighted by Gasteiger charge is 2.26. The third-order valence-electron chi connectivity index (χ3n) is 2.97. The lowest BCUT2D eigenvalue weighted by Gasteiger charge is -2.19. The number of hydrogen-bond acceptors (Lipinski definition) is 4. The van der Waals surface area contributed by atoms with Gasteiger partial charge in [-0.05, 0) is 25.3 Å². The number of aryl methyl sites for hydroxylation is 1. The van der Waals surface area contributed by atoms with Gasteiger partial charge in [-0.1, -0.05) is 30.3 Å². The molecule has 20 heavy (non-hydrogen) atoms. The van der Waals surface area contributed by atoms with Crippen LogP contribution in [0.25, 0.3) is 0 Å². The molecule has 0 aliphatic heterocycles. The molecule has 5 N–H and O–H groups in total. The van der Waals surface area contributed by atoms with Crippen LogP contribution in [0, 0.1) is 0 Å². The van der Waals surface area contributed by atoms with Crippen LogP contribution in [0.5, 0.6) is 0 Å². The van der Waals surface area contributed by atoms with E-state index in [4.69, 9.17) is 10.8 Å². The smallest absolute Gasteiger partial charge is 0.328 e. The monoisotopic (exact) mass is 280 g/mol. The van der Waals surface area contributed by atoms with Crippen molar-refractivity contribution in [2.75, 3.05) is 0 Å². The molecular formula is C14H20N2O4. The van der Waals surface area contributed by atoms with E-state index in [1.54, 1.807) is 0 Å². The molecule has 0 aliphatic rings. The Bertz CT molecular complexity index is 448. The molecule has 1 rings (SSSR count). The van der Waals surface area contributed by atoms with Gasteiger partial charge in [0.25, 0.3) is 0 Å². The van der Waals surface area contributed by atoms with Gasteiger partial charge in [-0.25, -0.2) is 4.79 Å². The van der Waals surface area contributed by atoms with Crippen LogP contribution >= 0.6 is 0 Å². The third kappa shape index (κ3) is 4.99. The SMILES string of the molecule is C[C@@H](O)[C@H](NC(=O)[C@@H](N)CCc1ccccc1)C(=O)O. The number of hydrogen-bond donors (Lipinski definition) is 4. The number of rotatable bonds is 7. The van der Waals surface area contributed by atoms with Gasteiger partial charge in [0, 0.05) is 0 Å². The average molecular weight is 280 g/mol. The Hall–Kier alpha value is -1.92. The first-order chi connectivity index (χ1) is 9.41. The highest BCUT2D eigenvalue weighted by molar-refractivity contribution is 5.87. The molecule has 0 radical (unpaired) electrons. The Balaban J connectivity index is 2.48. The first kappa shape index (κ1) is 16.1. The summed E-state index contributed by atoms with van der Waals surface area (Å²) in [6, 6.07) is 7.40. The zero-order valence-corrected chi connectivity index (χ0v) is 11.3. The van der Waals surface area contributed by atoms with Gasteiger partial charge in [-0.3, -0.25) is 4.79 Å². The van der Waals surface area contributed by atoms with Crippen molar-refractivity contribution in [3.8, 4) is 0 Å². The summed E-state index contributed by atoms with van der Waals surface area (Å²) in [5.74, 6) is -1.86. The summed E-state index contributed by atoms with van der Waals surface area (Å²) in [6.07, 6.45) is -0.151. The van der Waals surface area contributed by atoms with Crippen LogP contribution in [0.4, 0.5) is 0 Å². The largest absolute Gasteiger partial charge is 0.480 e. The fraction of sp³-hybridized carbons (Fsp3) is 0.429. The number of carbonyl (C=O) groups excluding carboxylic acids is 1. The standard InChI is InChI=1S/C14H20N2O4/c1-9(17)12(14(19)20)16-13(18)11(15)8-7-10-5-3-2-4-6-10/h2-6,9,11-12,17H,7-8,15H2,1H3,(H,16,18)(H,19,20)/t9-,11+,12+/m1/s1. The van der Waals surface area contributed by atoms with Gasteiger partial charge in [0.2, 0.25) is 5.91 Å². The summed E-state index contributed by atoms with van der Waals surface area (Å²) >= 11 is 0. The molecule has 1 amide bonds. The van der Waals surface area contributed by atoms with E-state index in [1.807, 2.05) is 30.3 Å². The van der Waals surface area contributed by atoms with E-state index in [2.05, 4.69) is 5.32 Å². The normalized spacial score (nSPS) is 15.2. The summed E-state index contributed by atoms with van der Waals surface area (Å²) in [4.78, 5) is 22.6. The number of aliphatic hydroxyl groups is 1. The molecule has 3 atom stereocenters. The van der Waals surface area contributed by atoms with Crippen LogP contribution in [0.2, 0.25) is 0 Å². The number of nitrogens with two attached hydrogens (primary N) is 1. The van der Waals surface area contributed by atoms with E-state index < -0.39 is 30.1 Å². The van der Waals surface area contributed by atoms with Crippen molar-refractivity contribution in [2.24, 2.45) is 5.73 Å². The Labute approximate surface area is 117 Å².